The molecule has 1 aliphatic rings. The fourth-order valence-corrected chi connectivity index (χ4v) is 2.58. The van der Waals surface area contributed by atoms with E-state index in [1.807, 2.05) is 0 Å². The Kier molecular flexibility index (Phi) is 3.44. The Bertz CT molecular complexity index is 349. The van der Waals surface area contributed by atoms with E-state index in [0.29, 0.717) is 5.92 Å². The lowest BCUT2D eigenvalue weighted by molar-refractivity contribution is 0.355. The van der Waals surface area contributed by atoms with Crippen LogP contribution in [0, 0.1) is 0 Å². The highest BCUT2D eigenvalue weighted by molar-refractivity contribution is 9.10. The van der Waals surface area contributed by atoms with Crippen molar-refractivity contribution in [2.45, 2.75) is 12.5 Å². The van der Waals surface area contributed by atoms with Crippen LogP contribution >= 0.6 is 15.9 Å². The first kappa shape index (κ1) is 11.1. The highest BCUT2D eigenvalue weighted by atomic mass is 79.9. The largest absolute Gasteiger partial charge is 0.312 e. The quantitative estimate of drug-likeness (QED) is 0.885. The van der Waals surface area contributed by atoms with Crippen molar-refractivity contribution in [3.05, 3.63) is 33.8 Å². The molecule has 1 aromatic rings. The third kappa shape index (κ3) is 2.60. The minimum Gasteiger partial charge on any atom is -0.312 e. The minimum atomic E-state index is 0.612. The van der Waals surface area contributed by atoms with E-state index in [2.05, 4.69) is 58.4 Å². The molecule has 2 rings (SSSR count). The van der Waals surface area contributed by atoms with Gasteiger partial charge >= 0.3 is 0 Å². The van der Waals surface area contributed by atoms with Gasteiger partial charge in [-0.15, -0.1) is 0 Å². The molecule has 0 amide bonds. The third-order valence-electron chi connectivity index (χ3n) is 2.84. The van der Waals surface area contributed by atoms with Crippen molar-refractivity contribution in [3.63, 3.8) is 0 Å². The van der Waals surface area contributed by atoms with Gasteiger partial charge < -0.3 is 10.2 Å². The normalized spacial score (nSPS) is 20.4. The number of rotatable bonds is 2. The molecule has 1 atom stereocenters. The van der Waals surface area contributed by atoms with Gasteiger partial charge in [-0.2, -0.15) is 0 Å². The standard InChI is InChI=1S/C12H17BrN2/c1-15(2)8-10-7-14-6-9-3-4-11(13)5-12(9)10/h3-5,10,14H,6-8H2,1-2H3. The molecule has 1 heterocycles. The maximum absolute atomic E-state index is 3.55. The van der Waals surface area contributed by atoms with Crippen molar-refractivity contribution in [3.8, 4) is 0 Å². The van der Waals surface area contributed by atoms with E-state index >= 15 is 0 Å². The van der Waals surface area contributed by atoms with Crippen LogP contribution < -0.4 is 5.32 Å². The molecule has 82 valence electrons. The molecule has 0 radical (unpaired) electrons. The first-order chi connectivity index (χ1) is 7.16. The van der Waals surface area contributed by atoms with Crippen LogP contribution in [0.5, 0.6) is 0 Å². The van der Waals surface area contributed by atoms with Crippen LogP contribution in [0.2, 0.25) is 0 Å². The second-order valence-corrected chi connectivity index (χ2v) is 5.35. The number of hydrogen-bond acceptors (Lipinski definition) is 2. The summed E-state index contributed by atoms with van der Waals surface area (Å²) >= 11 is 3.55. The van der Waals surface area contributed by atoms with E-state index in [4.69, 9.17) is 0 Å². The van der Waals surface area contributed by atoms with Gasteiger partial charge in [-0.05, 0) is 37.4 Å². The number of hydrogen-bond donors (Lipinski definition) is 1. The summed E-state index contributed by atoms with van der Waals surface area (Å²) in [5.41, 5.74) is 2.94. The van der Waals surface area contributed by atoms with Crippen molar-refractivity contribution >= 4 is 15.9 Å². The van der Waals surface area contributed by atoms with Crippen molar-refractivity contribution in [2.75, 3.05) is 27.2 Å². The SMILES string of the molecule is CN(C)CC1CNCc2ccc(Br)cc21. The first-order valence-corrected chi connectivity index (χ1v) is 6.10. The summed E-state index contributed by atoms with van der Waals surface area (Å²) in [6, 6.07) is 6.61. The molecular weight excluding hydrogens is 252 g/mol. The molecule has 15 heavy (non-hydrogen) atoms. The van der Waals surface area contributed by atoms with Gasteiger partial charge in [0.2, 0.25) is 0 Å². The van der Waals surface area contributed by atoms with Gasteiger partial charge in [-0.3, -0.25) is 0 Å². The molecule has 0 saturated carbocycles. The van der Waals surface area contributed by atoms with Crippen LogP contribution in [0.15, 0.2) is 22.7 Å². The van der Waals surface area contributed by atoms with Crippen LogP contribution in [0.1, 0.15) is 17.0 Å². The van der Waals surface area contributed by atoms with Crippen LogP contribution in [0.4, 0.5) is 0 Å². The van der Waals surface area contributed by atoms with Crippen molar-refractivity contribution in [1.82, 2.24) is 10.2 Å². The Morgan fingerprint density at radius 2 is 2.27 bits per heavy atom. The molecule has 2 nitrogen and oxygen atoms in total. The molecule has 1 aliphatic heterocycles. The Morgan fingerprint density at radius 1 is 1.47 bits per heavy atom. The molecule has 1 N–H and O–H groups in total. The predicted molar refractivity (Wildman–Crippen MR) is 67.1 cm³/mol. The zero-order valence-electron chi connectivity index (χ0n) is 9.26. The fourth-order valence-electron chi connectivity index (χ4n) is 2.20. The monoisotopic (exact) mass is 268 g/mol. The molecule has 0 aromatic heterocycles. The highest BCUT2D eigenvalue weighted by Crippen LogP contribution is 2.27. The van der Waals surface area contributed by atoms with Gasteiger partial charge in [0.1, 0.15) is 0 Å². The summed E-state index contributed by atoms with van der Waals surface area (Å²) in [7, 11) is 4.26. The van der Waals surface area contributed by atoms with Gasteiger partial charge in [0, 0.05) is 30.0 Å². The molecule has 0 aliphatic carbocycles. The lowest BCUT2D eigenvalue weighted by atomic mass is 9.90. The van der Waals surface area contributed by atoms with Crippen LogP contribution in [0.25, 0.3) is 0 Å². The van der Waals surface area contributed by atoms with Gasteiger partial charge in [0.15, 0.2) is 0 Å². The van der Waals surface area contributed by atoms with Crippen molar-refractivity contribution < 1.29 is 0 Å². The number of fused-ring (bicyclic) bond motifs is 1. The minimum absolute atomic E-state index is 0.612. The lowest BCUT2D eigenvalue weighted by Crippen LogP contribution is -2.34. The van der Waals surface area contributed by atoms with E-state index < -0.39 is 0 Å². The number of halogens is 1. The maximum atomic E-state index is 3.55. The summed E-state index contributed by atoms with van der Waals surface area (Å²) < 4.78 is 1.19. The fraction of sp³-hybridized carbons (Fsp3) is 0.500. The smallest absolute Gasteiger partial charge is 0.0208 e. The highest BCUT2D eigenvalue weighted by Gasteiger charge is 2.20. The predicted octanol–water partition coefficient (Wildman–Crippen LogP) is 2.20. The van der Waals surface area contributed by atoms with E-state index in [0.717, 1.165) is 19.6 Å². The Morgan fingerprint density at radius 3 is 3.00 bits per heavy atom. The average Bonchev–Trinajstić information content (AvgIpc) is 2.18. The average molecular weight is 269 g/mol. The Balaban J connectivity index is 2.28. The summed E-state index contributed by atoms with van der Waals surface area (Å²) in [4.78, 5) is 2.25. The Hall–Kier alpha value is -0.380. The maximum Gasteiger partial charge on any atom is 0.0208 e. The van der Waals surface area contributed by atoms with Gasteiger partial charge in [0.25, 0.3) is 0 Å². The van der Waals surface area contributed by atoms with E-state index in [9.17, 15) is 0 Å². The summed E-state index contributed by atoms with van der Waals surface area (Å²) in [5.74, 6) is 0.612. The number of nitrogens with zero attached hydrogens (tertiary/aromatic N) is 1. The van der Waals surface area contributed by atoms with Crippen LogP contribution in [-0.2, 0) is 6.54 Å². The van der Waals surface area contributed by atoms with E-state index in [1.54, 1.807) is 0 Å². The topological polar surface area (TPSA) is 15.3 Å². The zero-order chi connectivity index (χ0) is 10.8. The van der Waals surface area contributed by atoms with Gasteiger partial charge in [-0.1, -0.05) is 22.0 Å². The summed E-state index contributed by atoms with van der Waals surface area (Å²) in [5, 5.41) is 3.47. The molecule has 1 unspecified atom stereocenters. The summed E-state index contributed by atoms with van der Waals surface area (Å²) in [6.45, 7) is 3.20. The number of benzene rings is 1. The molecule has 0 saturated heterocycles. The molecule has 0 bridgehead atoms. The molecule has 1 aromatic carbocycles. The number of likely N-dealkylation sites (N-methyl/N-ethyl adjacent to an activating group) is 1. The van der Waals surface area contributed by atoms with Gasteiger partial charge in [-0.25, -0.2) is 0 Å². The number of nitrogens with one attached hydrogen (secondary N) is 1. The second kappa shape index (κ2) is 4.64. The molecular formula is C12H17BrN2. The van der Waals surface area contributed by atoms with E-state index in [1.165, 1.54) is 15.6 Å². The van der Waals surface area contributed by atoms with Crippen molar-refractivity contribution in [1.29, 1.82) is 0 Å². The van der Waals surface area contributed by atoms with Crippen molar-refractivity contribution in [2.24, 2.45) is 0 Å². The van der Waals surface area contributed by atoms with Crippen LogP contribution in [-0.4, -0.2) is 32.1 Å². The molecule has 3 heteroatoms. The van der Waals surface area contributed by atoms with Gasteiger partial charge in [0.05, 0.1) is 0 Å². The van der Waals surface area contributed by atoms with E-state index in [-0.39, 0.29) is 0 Å². The second-order valence-electron chi connectivity index (χ2n) is 4.43. The zero-order valence-corrected chi connectivity index (χ0v) is 10.8. The molecule has 0 fully saturated rings. The Labute approximate surface area is 99.8 Å². The molecule has 0 spiro atoms. The lowest BCUT2D eigenvalue weighted by Gasteiger charge is -2.28. The van der Waals surface area contributed by atoms with Crippen LogP contribution in [0.3, 0.4) is 0 Å². The first-order valence-electron chi connectivity index (χ1n) is 5.30. The third-order valence-corrected chi connectivity index (χ3v) is 3.33. The summed E-state index contributed by atoms with van der Waals surface area (Å²) in [6.07, 6.45) is 0.